The Labute approximate surface area is 102 Å². The van der Waals surface area contributed by atoms with Crippen molar-refractivity contribution >= 4 is 11.6 Å². The molecule has 0 aromatic carbocycles. The number of hydrogen-bond donors (Lipinski definition) is 3. The molecule has 17 heavy (non-hydrogen) atoms. The lowest BCUT2D eigenvalue weighted by molar-refractivity contribution is 0.337. The average molecular weight is 236 g/mol. The first-order valence-electron chi connectivity index (χ1n) is 5.94. The number of anilines is 2. The number of hydrogen-bond acceptors (Lipinski definition) is 6. The Morgan fingerprint density at radius 3 is 2.76 bits per heavy atom. The lowest BCUT2D eigenvalue weighted by atomic mass is 10.3. The molecular formula is C11H20N6. The third-order valence-electron chi connectivity index (χ3n) is 3.15. The van der Waals surface area contributed by atoms with Crippen molar-refractivity contribution in [2.75, 3.05) is 30.9 Å². The minimum Gasteiger partial charge on any atom is -0.368 e. The van der Waals surface area contributed by atoms with Crippen LogP contribution in [0.2, 0.25) is 0 Å². The van der Waals surface area contributed by atoms with Gasteiger partial charge in [-0.05, 0) is 26.8 Å². The second-order valence-corrected chi connectivity index (χ2v) is 4.48. The van der Waals surface area contributed by atoms with Gasteiger partial charge in [0.25, 0.3) is 0 Å². The molecule has 0 bridgehead atoms. The summed E-state index contributed by atoms with van der Waals surface area (Å²) in [6.45, 7) is 3.86. The molecule has 1 aromatic heterocycles. The number of rotatable bonds is 6. The minimum absolute atomic E-state index is 0.665. The SMILES string of the molecule is Cc1c(NN)ncnc1NCCN(C)C1CC1. The zero-order chi connectivity index (χ0) is 12.3. The Morgan fingerprint density at radius 2 is 2.12 bits per heavy atom. The van der Waals surface area contributed by atoms with E-state index in [1.54, 1.807) is 0 Å². The molecule has 94 valence electrons. The van der Waals surface area contributed by atoms with Crippen molar-refractivity contribution < 1.29 is 0 Å². The highest BCUT2D eigenvalue weighted by Gasteiger charge is 2.25. The highest BCUT2D eigenvalue weighted by atomic mass is 15.3. The summed E-state index contributed by atoms with van der Waals surface area (Å²) in [4.78, 5) is 10.6. The largest absolute Gasteiger partial charge is 0.368 e. The zero-order valence-electron chi connectivity index (χ0n) is 10.4. The maximum absolute atomic E-state index is 5.37. The predicted molar refractivity (Wildman–Crippen MR) is 68.7 cm³/mol. The van der Waals surface area contributed by atoms with Crippen molar-refractivity contribution in [1.82, 2.24) is 14.9 Å². The van der Waals surface area contributed by atoms with E-state index in [0.29, 0.717) is 5.82 Å². The Hall–Kier alpha value is -1.40. The Kier molecular flexibility index (Phi) is 3.75. The summed E-state index contributed by atoms with van der Waals surface area (Å²) in [6, 6.07) is 0.796. The highest BCUT2D eigenvalue weighted by Crippen LogP contribution is 2.24. The molecule has 2 rings (SSSR count). The quantitative estimate of drug-likeness (QED) is 0.495. The number of hydrazine groups is 1. The molecule has 1 aliphatic rings. The first kappa shape index (κ1) is 12.1. The van der Waals surface area contributed by atoms with E-state index < -0.39 is 0 Å². The van der Waals surface area contributed by atoms with Crippen molar-refractivity contribution in [2.24, 2.45) is 5.84 Å². The molecular weight excluding hydrogens is 216 g/mol. The molecule has 0 aliphatic heterocycles. The van der Waals surface area contributed by atoms with Gasteiger partial charge in [0.05, 0.1) is 0 Å². The van der Waals surface area contributed by atoms with Crippen molar-refractivity contribution in [3.63, 3.8) is 0 Å². The number of nitrogen functional groups attached to an aromatic ring is 1. The van der Waals surface area contributed by atoms with Crippen molar-refractivity contribution in [3.8, 4) is 0 Å². The maximum atomic E-state index is 5.37. The Bertz CT molecular complexity index is 376. The zero-order valence-corrected chi connectivity index (χ0v) is 10.4. The molecule has 0 atom stereocenters. The van der Waals surface area contributed by atoms with Crippen LogP contribution in [-0.4, -0.2) is 41.0 Å². The second kappa shape index (κ2) is 5.29. The summed E-state index contributed by atoms with van der Waals surface area (Å²) in [5.41, 5.74) is 3.51. The van der Waals surface area contributed by atoms with Crippen molar-refractivity contribution in [2.45, 2.75) is 25.8 Å². The number of likely N-dealkylation sites (N-methyl/N-ethyl adjacent to an activating group) is 1. The fourth-order valence-corrected chi connectivity index (χ4v) is 1.82. The van der Waals surface area contributed by atoms with Crippen LogP contribution >= 0.6 is 0 Å². The first-order chi connectivity index (χ1) is 8.22. The van der Waals surface area contributed by atoms with Gasteiger partial charge in [-0.1, -0.05) is 0 Å². The lowest BCUT2D eigenvalue weighted by Crippen LogP contribution is -2.27. The minimum atomic E-state index is 0.665. The van der Waals surface area contributed by atoms with Crippen LogP contribution in [0.25, 0.3) is 0 Å². The number of nitrogens with zero attached hydrogens (tertiary/aromatic N) is 3. The van der Waals surface area contributed by atoms with E-state index in [1.807, 2.05) is 6.92 Å². The molecule has 1 fully saturated rings. The molecule has 1 aliphatic carbocycles. The molecule has 1 heterocycles. The number of nitrogens with two attached hydrogens (primary N) is 1. The summed E-state index contributed by atoms with van der Waals surface area (Å²) < 4.78 is 0. The summed E-state index contributed by atoms with van der Waals surface area (Å²) in [7, 11) is 2.17. The van der Waals surface area contributed by atoms with Crippen LogP contribution in [0.1, 0.15) is 18.4 Å². The smallest absolute Gasteiger partial charge is 0.148 e. The van der Waals surface area contributed by atoms with Gasteiger partial charge >= 0.3 is 0 Å². The fraction of sp³-hybridized carbons (Fsp3) is 0.636. The topological polar surface area (TPSA) is 79.1 Å². The highest BCUT2D eigenvalue weighted by molar-refractivity contribution is 5.55. The number of nitrogens with one attached hydrogen (secondary N) is 2. The summed E-state index contributed by atoms with van der Waals surface area (Å²) in [5.74, 6) is 6.88. The van der Waals surface area contributed by atoms with Crippen LogP contribution in [0, 0.1) is 6.92 Å². The van der Waals surface area contributed by atoms with Gasteiger partial charge in [0.15, 0.2) is 0 Å². The van der Waals surface area contributed by atoms with E-state index in [1.165, 1.54) is 19.2 Å². The van der Waals surface area contributed by atoms with Crippen LogP contribution < -0.4 is 16.6 Å². The summed E-state index contributed by atoms with van der Waals surface area (Å²) >= 11 is 0. The van der Waals surface area contributed by atoms with E-state index in [0.717, 1.165) is 30.5 Å². The summed E-state index contributed by atoms with van der Waals surface area (Å²) in [6.07, 6.45) is 4.18. The van der Waals surface area contributed by atoms with Crippen molar-refractivity contribution in [1.29, 1.82) is 0 Å². The van der Waals surface area contributed by atoms with Crippen LogP contribution in [0.3, 0.4) is 0 Å². The van der Waals surface area contributed by atoms with E-state index >= 15 is 0 Å². The average Bonchev–Trinajstić information content (AvgIpc) is 3.15. The molecule has 6 heteroatoms. The van der Waals surface area contributed by atoms with Gasteiger partial charge in [0.2, 0.25) is 0 Å². The van der Waals surface area contributed by atoms with E-state index in [-0.39, 0.29) is 0 Å². The monoisotopic (exact) mass is 236 g/mol. The van der Waals surface area contributed by atoms with Crippen LogP contribution in [0.5, 0.6) is 0 Å². The van der Waals surface area contributed by atoms with Crippen LogP contribution in [0.4, 0.5) is 11.6 Å². The Morgan fingerprint density at radius 1 is 1.41 bits per heavy atom. The summed E-state index contributed by atoms with van der Waals surface area (Å²) in [5, 5.41) is 3.31. The molecule has 6 nitrogen and oxygen atoms in total. The van der Waals surface area contributed by atoms with Gasteiger partial charge in [-0.15, -0.1) is 0 Å². The third kappa shape index (κ3) is 3.04. The van der Waals surface area contributed by atoms with Crippen molar-refractivity contribution in [3.05, 3.63) is 11.9 Å². The van der Waals surface area contributed by atoms with Gasteiger partial charge < -0.3 is 15.6 Å². The van der Waals surface area contributed by atoms with Gasteiger partial charge in [-0.25, -0.2) is 15.8 Å². The molecule has 1 saturated carbocycles. The normalized spacial score (nSPS) is 15.1. The number of aromatic nitrogens is 2. The van der Waals surface area contributed by atoms with E-state index in [4.69, 9.17) is 5.84 Å². The lowest BCUT2D eigenvalue weighted by Gasteiger charge is -2.17. The molecule has 1 aromatic rings. The van der Waals surface area contributed by atoms with Gasteiger partial charge in [0, 0.05) is 24.7 Å². The fourth-order valence-electron chi connectivity index (χ4n) is 1.82. The molecule has 4 N–H and O–H groups in total. The Balaban J connectivity index is 1.85. The molecule has 0 amide bonds. The molecule has 0 saturated heterocycles. The van der Waals surface area contributed by atoms with E-state index in [2.05, 4.69) is 32.7 Å². The standard InChI is InChI=1S/C11H20N6/c1-8-10(14-7-15-11(8)16-12)13-5-6-17(2)9-3-4-9/h7,9H,3-6,12H2,1-2H3,(H2,13,14,15,16). The van der Waals surface area contributed by atoms with Crippen LogP contribution in [0.15, 0.2) is 6.33 Å². The molecule has 0 spiro atoms. The molecule has 0 radical (unpaired) electrons. The van der Waals surface area contributed by atoms with Gasteiger partial charge in [-0.2, -0.15) is 0 Å². The van der Waals surface area contributed by atoms with Crippen LogP contribution in [-0.2, 0) is 0 Å². The van der Waals surface area contributed by atoms with E-state index in [9.17, 15) is 0 Å². The second-order valence-electron chi connectivity index (χ2n) is 4.48. The maximum Gasteiger partial charge on any atom is 0.148 e. The predicted octanol–water partition coefficient (Wildman–Crippen LogP) is 0.577. The molecule has 0 unspecified atom stereocenters. The van der Waals surface area contributed by atoms with Gasteiger partial charge in [0.1, 0.15) is 18.0 Å². The third-order valence-corrected chi connectivity index (χ3v) is 3.15. The first-order valence-corrected chi connectivity index (χ1v) is 5.94. The van der Waals surface area contributed by atoms with Gasteiger partial charge in [-0.3, -0.25) is 0 Å².